The van der Waals surface area contributed by atoms with Crippen molar-refractivity contribution in [2.45, 2.75) is 12.6 Å². The highest BCUT2D eigenvalue weighted by Gasteiger charge is 2.31. The molecule has 0 aromatic heterocycles. The number of hydrogen-bond donors (Lipinski definition) is 2. The zero-order valence-electron chi connectivity index (χ0n) is 7.94. The van der Waals surface area contributed by atoms with Gasteiger partial charge in [0.1, 0.15) is 12.2 Å². The molecule has 0 saturated carbocycles. The predicted octanol–water partition coefficient (Wildman–Crippen LogP) is 2.30. The van der Waals surface area contributed by atoms with Gasteiger partial charge in [-0.25, -0.2) is 4.39 Å². The van der Waals surface area contributed by atoms with Crippen molar-refractivity contribution in [1.29, 1.82) is 0 Å². The minimum Gasteiger partial charge on any atom is -0.397 e. The van der Waals surface area contributed by atoms with Gasteiger partial charge >= 0.3 is 6.18 Å². The number of rotatable bonds is 2. The van der Waals surface area contributed by atoms with Crippen LogP contribution >= 0.6 is 0 Å². The maximum absolute atomic E-state index is 12.6. The van der Waals surface area contributed by atoms with Gasteiger partial charge < -0.3 is 11.1 Å². The van der Waals surface area contributed by atoms with Gasteiger partial charge in [0.2, 0.25) is 5.91 Å². The molecular formula is C9H8F4N2O. The Kier molecular flexibility index (Phi) is 3.36. The van der Waals surface area contributed by atoms with E-state index in [9.17, 15) is 22.4 Å². The Labute approximate surface area is 88.2 Å². The third kappa shape index (κ3) is 3.76. The quantitative estimate of drug-likeness (QED) is 0.611. The molecule has 0 aliphatic carbocycles. The van der Waals surface area contributed by atoms with Crippen LogP contribution in [0.5, 0.6) is 0 Å². The lowest BCUT2D eigenvalue weighted by Gasteiger charge is -2.09. The Bertz CT molecular complexity index is 403. The fraction of sp³-hybridized carbons (Fsp3) is 0.222. The Morgan fingerprint density at radius 3 is 2.50 bits per heavy atom. The van der Waals surface area contributed by atoms with Gasteiger partial charge in [0.25, 0.3) is 0 Å². The van der Waals surface area contributed by atoms with Crippen LogP contribution < -0.4 is 11.1 Å². The van der Waals surface area contributed by atoms with E-state index < -0.39 is 24.3 Å². The molecule has 0 aliphatic rings. The van der Waals surface area contributed by atoms with Gasteiger partial charge in [-0.3, -0.25) is 4.79 Å². The van der Waals surface area contributed by atoms with Gasteiger partial charge in [-0.1, -0.05) is 0 Å². The molecule has 0 heterocycles. The fourth-order valence-corrected chi connectivity index (χ4v) is 1.02. The summed E-state index contributed by atoms with van der Waals surface area (Å²) in [5.74, 6) is -1.88. The van der Waals surface area contributed by atoms with E-state index in [1.54, 1.807) is 0 Å². The molecule has 0 bridgehead atoms. The first kappa shape index (κ1) is 12.3. The Hall–Kier alpha value is -1.79. The number of amides is 1. The number of nitrogens with two attached hydrogens (primary N) is 1. The summed E-state index contributed by atoms with van der Waals surface area (Å²) < 4.78 is 48.0. The van der Waals surface area contributed by atoms with Crippen molar-refractivity contribution < 1.29 is 22.4 Å². The summed E-state index contributed by atoms with van der Waals surface area (Å²) in [6.45, 7) is 0. The minimum atomic E-state index is -4.58. The van der Waals surface area contributed by atoms with E-state index in [0.29, 0.717) is 0 Å². The zero-order chi connectivity index (χ0) is 12.3. The first-order chi connectivity index (χ1) is 7.28. The van der Waals surface area contributed by atoms with Gasteiger partial charge in [0.05, 0.1) is 11.4 Å². The number of anilines is 2. The van der Waals surface area contributed by atoms with Crippen LogP contribution in [0.3, 0.4) is 0 Å². The van der Waals surface area contributed by atoms with Crippen LogP contribution in [0, 0.1) is 5.82 Å². The maximum atomic E-state index is 12.6. The molecule has 1 aromatic carbocycles. The Morgan fingerprint density at radius 1 is 1.38 bits per heavy atom. The summed E-state index contributed by atoms with van der Waals surface area (Å²) >= 11 is 0. The second-order valence-electron chi connectivity index (χ2n) is 3.07. The number of nitrogens with one attached hydrogen (secondary N) is 1. The molecule has 1 rings (SSSR count). The van der Waals surface area contributed by atoms with Crippen molar-refractivity contribution in [3.63, 3.8) is 0 Å². The van der Waals surface area contributed by atoms with E-state index >= 15 is 0 Å². The van der Waals surface area contributed by atoms with Crippen molar-refractivity contribution >= 4 is 17.3 Å². The highest BCUT2D eigenvalue weighted by Crippen LogP contribution is 2.23. The first-order valence-corrected chi connectivity index (χ1v) is 4.19. The van der Waals surface area contributed by atoms with Crippen LogP contribution in [-0.2, 0) is 4.79 Å². The predicted molar refractivity (Wildman–Crippen MR) is 50.1 cm³/mol. The first-order valence-electron chi connectivity index (χ1n) is 4.19. The van der Waals surface area contributed by atoms with Gasteiger partial charge in [-0.2, -0.15) is 13.2 Å². The summed E-state index contributed by atoms with van der Waals surface area (Å²) in [7, 11) is 0. The number of carbonyl (C=O) groups is 1. The van der Waals surface area contributed by atoms with Crippen LogP contribution in [-0.4, -0.2) is 12.1 Å². The lowest BCUT2D eigenvalue weighted by atomic mass is 10.2. The lowest BCUT2D eigenvalue weighted by Crippen LogP contribution is -2.21. The highest BCUT2D eigenvalue weighted by atomic mass is 19.4. The molecule has 0 radical (unpaired) electrons. The summed E-state index contributed by atoms with van der Waals surface area (Å²) in [6, 6.07) is 2.99. The number of benzene rings is 1. The second-order valence-corrected chi connectivity index (χ2v) is 3.07. The van der Waals surface area contributed by atoms with Crippen LogP contribution in [0.4, 0.5) is 28.9 Å². The lowest BCUT2D eigenvalue weighted by molar-refractivity contribution is -0.150. The molecule has 0 aliphatic heterocycles. The van der Waals surface area contributed by atoms with Crippen LogP contribution in [0.1, 0.15) is 6.42 Å². The van der Waals surface area contributed by atoms with E-state index in [2.05, 4.69) is 0 Å². The number of halogens is 4. The van der Waals surface area contributed by atoms with Crippen LogP contribution in [0.15, 0.2) is 18.2 Å². The van der Waals surface area contributed by atoms with Gasteiger partial charge in [0, 0.05) is 0 Å². The monoisotopic (exact) mass is 236 g/mol. The summed E-state index contributed by atoms with van der Waals surface area (Å²) in [5, 5.41) is 1.94. The molecule has 1 aromatic rings. The Morgan fingerprint density at radius 2 is 2.00 bits per heavy atom. The fourth-order valence-electron chi connectivity index (χ4n) is 1.02. The minimum absolute atomic E-state index is 0.0457. The molecule has 16 heavy (non-hydrogen) atoms. The molecule has 0 fully saturated rings. The third-order valence-corrected chi connectivity index (χ3v) is 1.65. The highest BCUT2D eigenvalue weighted by molar-refractivity contribution is 5.94. The van der Waals surface area contributed by atoms with Crippen molar-refractivity contribution in [3.8, 4) is 0 Å². The van der Waals surface area contributed by atoms with Crippen LogP contribution in [0.25, 0.3) is 0 Å². The molecule has 7 heteroatoms. The van der Waals surface area contributed by atoms with E-state index in [1.165, 1.54) is 0 Å². The Balaban J connectivity index is 2.70. The SMILES string of the molecule is Nc1cc(F)ccc1NC(=O)CC(F)(F)F. The molecular weight excluding hydrogens is 228 g/mol. The number of nitrogen functional groups attached to an aromatic ring is 1. The van der Waals surface area contributed by atoms with E-state index in [1.807, 2.05) is 5.32 Å². The van der Waals surface area contributed by atoms with Gasteiger partial charge in [0.15, 0.2) is 0 Å². The summed E-state index contributed by atoms with van der Waals surface area (Å²) in [5.41, 5.74) is 5.12. The topological polar surface area (TPSA) is 55.1 Å². The van der Waals surface area contributed by atoms with Crippen molar-refractivity contribution in [1.82, 2.24) is 0 Å². The van der Waals surface area contributed by atoms with Gasteiger partial charge in [-0.15, -0.1) is 0 Å². The molecule has 3 nitrogen and oxygen atoms in total. The number of hydrogen-bond acceptors (Lipinski definition) is 2. The normalized spacial score (nSPS) is 11.2. The van der Waals surface area contributed by atoms with Gasteiger partial charge in [-0.05, 0) is 18.2 Å². The molecule has 1 amide bonds. The summed E-state index contributed by atoms with van der Waals surface area (Å²) in [6.07, 6.45) is -6.19. The standard InChI is InChI=1S/C9H8F4N2O/c10-5-1-2-7(6(14)3-5)15-8(16)4-9(11,12)13/h1-3H,4,14H2,(H,15,16). The average molecular weight is 236 g/mol. The third-order valence-electron chi connectivity index (χ3n) is 1.65. The number of alkyl halides is 3. The summed E-state index contributed by atoms with van der Waals surface area (Å²) in [4.78, 5) is 10.9. The molecule has 0 spiro atoms. The van der Waals surface area contributed by atoms with E-state index in [4.69, 9.17) is 5.73 Å². The second kappa shape index (κ2) is 4.38. The smallest absolute Gasteiger partial charge is 0.397 e. The van der Waals surface area contributed by atoms with Crippen molar-refractivity contribution in [2.24, 2.45) is 0 Å². The van der Waals surface area contributed by atoms with Crippen molar-refractivity contribution in [2.75, 3.05) is 11.1 Å². The van der Waals surface area contributed by atoms with E-state index in [0.717, 1.165) is 18.2 Å². The molecule has 88 valence electrons. The largest absolute Gasteiger partial charge is 0.397 e. The molecule has 0 atom stereocenters. The zero-order valence-corrected chi connectivity index (χ0v) is 7.94. The molecule has 3 N–H and O–H groups in total. The van der Waals surface area contributed by atoms with Crippen LogP contribution in [0.2, 0.25) is 0 Å². The maximum Gasteiger partial charge on any atom is 0.397 e. The molecule has 0 saturated heterocycles. The van der Waals surface area contributed by atoms with E-state index in [-0.39, 0.29) is 11.4 Å². The molecule has 0 unspecified atom stereocenters. The average Bonchev–Trinajstić information content (AvgIpc) is 2.06. The number of carbonyl (C=O) groups excluding carboxylic acids is 1. The van der Waals surface area contributed by atoms with Crippen molar-refractivity contribution in [3.05, 3.63) is 24.0 Å².